The molecular formula is C11H16N2S. The molecule has 14 heavy (non-hydrogen) atoms. The summed E-state index contributed by atoms with van der Waals surface area (Å²) in [6.45, 7) is 2.32. The molecule has 2 nitrogen and oxygen atoms in total. The number of nitrogens with one attached hydrogen (secondary N) is 1. The first kappa shape index (κ1) is 8.86. The number of nitrogens with zero attached hydrogens (tertiary/aromatic N) is 1. The van der Waals surface area contributed by atoms with Gasteiger partial charge in [0, 0.05) is 23.8 Å². The Kier molecular flexibility index (Phi) is 2.30. The fraction of sp³-hybridized carbons (Fsp3) is 0.727. The van der Waals surface area contributed by atoms with Crippen LogP contribution in [-0.2, 0) is 0 Å². The highest BCUT2D eigenvalue weighted by Gasteiger charge is 2.28. The molecule has 76 valence electrons. The third-order valence-electron chi connectivity index (χ3n) is 3.18. The highest BCUT2D eigenvalue weighted by atomic mass is 32.1. The first-order valence-electron chi connectivity index (χ1n) is 5.59. The van der Waals surface area contributed by atoms with Gasteiger partial charge in [-0.3, -0.25) is 0 Å². The van der Waals surface area contributed by atoms with E-state index in [0.29, 0.717) is 5.92 Å². The van der Waals surface area contributed by atoms with E-state index in [0.717, 1.165) is 12.5 Å². The number of hydrogen-bond acceptors (Lipinski definition) is 3. The smallest absolute Gasteiger partial charge is 0.0959 e. The summed E-state index contributed by atoms with van der Waals surface area (Å²) in [6.07, 6.45) is 5.37. The molecule has 0 amide bonds. The van der Waals surface area contributed by atoms with E-state index in [1.807, 2.05) is 11.3 Å². The van der Waals surface area contributed by atoms with Crippen LogP contribution < -0.4 is 5.32 Å². The first-order chi connectivity index (χ1) is 6.93. The van der Waals surface area contributed by atoms with E-state index in [9.17, 15) is 0 Å². The second-order valence-electron chi connectivity index (χ2n) is 4.43. The third kappa shape index (κ3) is 1.71. The molecule has 0 bridgehead atoms. The molecule has 2 heterocycles. The third-order valence-corrected chi connectivity index (χ3v) is 4.21. The lowest BCUT2D eigenvalue weighted by Crippen LogP contribution is -2.28. The van der Waals surface area contributed by atoms with Crippen LogP contribution in [0.2, 0.25) is 0 Å². The summed E-state index contributed by atoms with van der Waals surface area (Å²) in [5.41, 5.74) is 1.35. The molecule has 1 atom stereocenters. The molecule has 1 saturated carbocycles. The summed E-state index contributed by atoms with van der Waals surface area (Å²) in [5.74, 6) is 1.51. The quantitative estimate of drug-likeness (QED) is 0.807. The van der Waals surface area contributed by atoms with Gasteiger partial charge >= 0.3 is 0 Å². The van der Waals surface area contributed by atoms with Crippen molar-refractivity contribution >= 4 is 11.3 Å². The van der Waals surface area contributed by atoms with Crippen molar-refractivity contribution < 1.29 is 0 Å². The molecule has 0 aromatic carbocycles. The minimum absolute atomic E-state index is 0.687. The second-order valence-corrected chi connectivity index (χ2v) is 5.32. The molecule has 1 aliphatic carbocycles. The summed E-state index contributed by atoms with van der Waals surface area (Å²) in [4.78, 5) is 4.77. The first-order valence-corrected chi connectivity index (χ1v) is 6.47. The van der Waals surface area contributed by atoms with E-state index in [-0.39, 0.29) is 0 Å². The van der Waals surface area contributed by atoms with Crippen LogP contribution in [0.15, 0.2) is 5.38 Å². The van der Waals surface area contributed by atoms with Gasteiger partial charge in [-0.15, -0.1) is 11.3 Å². The van der Waals surface area contributed by atoms with Crippen LogP contribution in [0.3, 0.4) is 0 Å². The van der Waals surface area contributed by atoms with Crippen molar-refractivity contribution in [3.8, 4) is 0 Å². The fourth-order valence-corrected chi connectivity index (χ4v) is 3.18. The van der Waals surface area contributed by atoms with Crippen LogP contribution in [0.5, 0.6) is 0 Å². The number of hydrogen-bond donors (Lipinski definition) is 1. The number of thiazole rings is 1. The maximum Gasteiger partial charge on any atom is 0.0959 e. The van der Waals surface area contributed by atoms with Gasteiger partial charge in [0.25, 0.3) is 0 Å². The SMILES string of the molecule is c1sc(C2CC2)nc1C1CCCNC1. The molecule has 2 fully saturated rings. The highest BCUT2D eigenvalue weighted by Crippen LogP contribution is 2.42. The van der Waals surface area contributed by atoms with E-state index < -0.39 is 0 Å². The molecule has 2 aliphatic rings. The van der Waals surface area contributed by atoms with Gasteiger partial charge in [0.15, 0.2) is 0 Å². The van der Waals surface area contributed by atoms with Gasteiger partial charge in [0.1, 0.15) is 0 Å². The van der Waals surface area contributed by atoms with Crippen molar-refractivity contribution in [2.45, 2.75) is 37.5 Å². The minimum atomic E-state index is 0.687. The maximum absolute atomic E-state index is 4.77. The summed E-state index contributed by atoms with van der Waals surface area (Å²) >= 11 is 1.87. The lowest BCUT2D eigenvalue weighted by atomic mass is 9.97. The predicted molar refractivity (Wildman–Crippen MR) is 58.9 cm³/mol. The zero-order valence-electron chi connectivity index (χ0n) is 8.33. The predicted octanol–water partition coefficient (Wildman–Crippen LogP) is 2.49. The van der Waals surface area contributed by atoms with Gasteiger partial charge in [-0.1, -0.05) is 0 Å². The van der Waals surface area contributed by atoms with Gasteiger partial charge in [-0.2, -0.15) is 0 Å². The zero-order valence-corrected chi connectivity index (χ0v) is 9.15. The summed E-state index contributed by atoms with van der Waals surface area (Å²) in [5, 5.41) is 7.13. The van der Waals surface area contributed by atoms with Gasteiger partial charge < -0.3 is 5.32 Å². The zero-order chi connectivity index (χ0) is 9.38. The van der Waals surface area contributed by atoms with Crippen molar-refractivity contribution in [2.24, 2.45) is 0 Å². The second kappa shape index (κ2) is 3.63. The average molecular weight is 208 g/mol. The van der Waals surface area contributed by atoms with Crippen LogP contribution in [-0.4, -0.2) is 18.1 Å². The van der Waals surface area contributed by atoms with E-state index in [1.54, 1.807) is 0 Å². The Morgan fingerprint density at radius 3 is 2.93 bits per heavy atom. The monoisotopic (exact) mass is 208 g/mol. The molecule has 0 radical (unpaired) electrons. The lowest BCUT2D eigenvalue weighted by Gasteiger charge is -2.20. The Morgan fingerprint density at radius 2 is 2.21 bits per heavy atom. The Bertz CT molecular complexity index is 311. The van der Waals surface area contributed by atoms with E-state index in [1.165, 1.54) is 42.9 Å². The summed E-state index contributed by atoms with van der Waals surface area (Å²) in [6, 6.07) is 0. The molecule has 1 saturated heterocycles. The van der Waals surface area contributed by atoms with Crippen molar-refractivity contribution in [3.63, 3.8) is 0 Å². The standard InChI is InChI=1S/C11H16N2S/c1-2-9(6-12-5-1)10-7-14-11(13-10)8-3-4-8/h7-9,12H,1-6H2. The fourth-order valence-electron chi connectivity index (χ4n) is 2.11. The Labute approximate surface area is 88.7 Å². The van der Waals surface area contributed by atoms with Crippen molar-refractivity contribution in [1.82, 2.24) is 10.3 Å². The van der Waals surface area contributed by atoms with Gasteiger partial charge in [-0.25, -0.2) is 4.98 Å². The van der Waals surface area contributed by atoms with Crippen LogP contribution in [0.25, 0.3) is 0 Å². The lowest BCUT2D eigenvalue weighted by molar-refractivity contribution is 0.455. The Hall–Kier alpha value is -0.410. The van der Waals surface area contributed by atoms with Gasteiger partial charge in [0.2, 0.25) is 0 Å². The van der Waals surface area contributed by atoms with Crippen LogP contribution in [0.4, 0.5) is 0 Å². The number of aromatic nitrogens is 1. The normalized spacial score (nSPS) is 27.9. The van der Waals surface area contributed by atoms with Gasteiger partial charge in [0.05, 0.1) is 10.7 Å². The topological polar surface area (TPSA) is 24.9 Å². The molecule has 1 aromatic rings. The molecule has 1 aromatic heterocycles. The average Bonchev–Trinajstić information content (AvgIpc) is 2.98. The summed E-state index contributed by atoms with van der Waals surface area (Å²) in [7, 11) is 0. The van der Waals surface area contributed by atoms with E-state index in [4.69, 9.17) is 4.98 Å². The molecule has 3 heteroatoms. The van der Waals surface area contributed by atoms with Crippen molar-refractivity contribution in [2.75, 3.05) is 13.1 Å². The largest absolute Gasteiger partial charge is 0.316 e. The van der Waals surface area contributed by atoms with Crippen molar-refractivity contribution in [1.29, 1.82) is 0 Å². The molecule has 3 rings (SSSR count). The van der Waals surface area contributed by atoms with E-state index in [2.05, 4.69) is 10.7 Å². The van der Waals surface area contributed by atoms with Crippen LogP contribution >= 0.6 is 11.3 Å². The number of piperidine rings is 1. The number of rotatable bonds is 2. The van der Waals surface area contributed by atoms with Crippen molar-refractivity contribution in [3.05, 3.63) is 16.1 Å². The van der Waals surface area contributed by atoms with E-state index >= 15 is 0 Å². The molecule has 0 spiro atoms. The molecule has 1 unspecified atom stereocenters. The van der Waals surface area contributed by atoms with Crippen LogP contribution in [0, 0.1) is 0 Å². The molecule has 1 aliphatic heterocycles. The molecule has 1 N–H and O–H groups in total. The van der Waals surface area contributed by atoms with Crippen LogP contribution in [0.1, 0.15) is 48.2 Å². The highest BCUT2D eigenvalue weighted by molar-refractivity contribution is 7.09. The minimum Gasteiger partial charge on any atom is -0.316 e. The maximum atomic E-state index is 4.77. The Balaban J connectivity index is 1.74. The Morgan fingerprint density at radius 1 is 1.29 bits per heavy atom. The summed E-state index contributed by atoms with van der Waals surface area (Å²) < 4.78 is 0. The molecular weight excluding hydrogens is 192 g/mol. The van der Waals surface area contributed by atoms with Gasteiger partial charge in [-0.05, 0) is 32.2 Å².